The van der Waals surface area contributed by atoms with E-state index in [1.807, 2.05) is 41.6 Å². The summed E-state index contributed by atoms with van der Waals surface area (Å²) in [7, 11) is 0. The number of fused-ring (bicyclic) bond motifs is 1. The molecule has 4 aromatic rings. The largest absolute Gasteiger partial charge is 0.324 e. The Morgan fingerprint density at radius 3 is 2.47 bits per heavy atom. The van der Waals surface area contributed by atoms with Crippen LogP contribution < -0.4 is 5.32 Å². The Hall–Kier alpha value is -3.74. The number of pyridine rings is 1. The topological polar surface area (TPSA) is 75.9 Å². The predicted molar refractivity (Wildman–Crippen MR) is 116 cm³/mol. The van der Waals surface area contributed by atoms with Crippen molar-refractivity contribution >= 4 is 22.5 Å². The van der Waals surface area contributed by atoms with E-state index < -0.39 is 0 Å². The molecule has 150 valence electrons. The van der Waals surface area contributed by atoms with Crippen molar-refractivity contribution in [1.29, 1.82) is 0 Å². The zero-order valence-electron chi connectivity index (χ0n) is 16.5. The number of urea groups is 1. The van der Waals surface area contributed by atoms with Crippen molar-refractivity contribution in [1.82, 2.24) is 24.9 Å². The van der Waals surface area contributed by atoms with Gasteiger partial charge in [-0.3, -0.25) is 4.98 Å². The van der Waals surface area contributed by atoms with Crippen LogP contribution in [-0.4, -0.2) is 44.0 Å². The maximum Gasteiger partial charge on any atom is 0.321 e. The maximum absolute atomic E-state index is 12.7. The monoisotopic (exact) mass is 398 g/mol. The van der Waals surface area contributed by atoms with Gasteiger partial charge in [0.25, 0.3) is 0 Å². The lowest BCUT2D eigenvalue weighted by Gasteiger charge is -2.32. The number of rotatable bonds is 3. The highest BCUT2D eigenvalue weighted by Crippen LogP contribution is 2.33. The Kier molecular flexibility index (Phi) is 4.85. The molecular formula is C23H22N6O. The van der Waals surface area contributed by atoms with Crippen molar-refractivity contribution in [2.45, 2.75) is 18.8 Å². The lowest BCUT2D eigenvalue weighted by Crippen LogP contribution is -2.40. The van der Waals surface area contributed by atoms with Gasteiger partial charge in [0.05, 0.1) is 18.1 Å². The Morgan fingerprint density at radius 1 is 0.933 bits per heavy atom. The molecule has 30 heavy (non-hydrogen) atoms. The first-order valence-corrected chi connectivity index (χ1v) is 10.1. The third-order valence-electron chi connectivity index (χ3n) is 5.70. The summed E-state index contributed by atoms with van der Waals surface area (Å²) < 4.78 is 0. The van der Waals surface area contributed by atoms with Gasteiger partial charge < -0.3 is 10.2 Å². The quantitative estimate of drug-likeness (QED) is 0.560. The molecule has 0 radical (unpaired) electrons. The van der Waals surface area contributed by atoms with Crippen molar-refractivity contribution in [2.75, 3.05) is 18.4 Å². The molecule has 0 spiro atoms. The smallest absolute Gasteiger partial charge is 0.321 e. The van der Waals surface area contributed by atoms with Gasteiger partial charge in [-0.15, -0.1) is 0 Å². The van der Waals surface area contributed by atoms with Crippen LogP contribution in [0, 0.1) is 0 Å². The van der Waals surface area contributed by atoms with Gasteiger partial charge in [-0.25, -0.2) is 4.79 Å². The molecule has 7 nitrogen and oxygen atoms in total. The number of aromatic nitrogens is 4. The lowest BCUT2D eigenvalue weighted by molar-refractivity contribution is 0.195. The number of benzene rings is 2. The van der Waals surface area contributed by atoms with Gasteiger partial charge in [0.2, 0.25) is 0 Å². The number of carbonyl (C=O) groups is 1. The molecular weight excluding hydrogens is 376 g/mol. The third-order valence-corrected chi connectivity index (χ3v) is 5.70. The molecule has 2 aromatic carbocycles. The molecule has 0 unspecified atom stereocenters. The Morgan fingerprint density at radius 2 is 1.70 bits per heavy atom. The minimum Gasteiger partial charge on any atom is -0.324 e. The van der Waals surface area contributed by atoms with Crippen molar-refractivity contribution in [2.24, 2.45) is 0 Å². The summed E-state index contributed by atoms with van der Waals surface area (Å²) in [5, 5.41) is 13.6. The molecule has 1 saturated heterocycles. The first kappa shape index (κ1) is 18.3. The van der Waals surface area contributed by atoms with Gasteiger partial charge in [0, 0.05) is 36.6 Å². The number of amides is 2. The molecule has 7 heteroatoms. The molecule has 2 amide bonds. The highest BCUT2D eigenvalue weighted by atomic mass is 16.2. The second-order valence-corrected chi connectivity index (χ2v) is 7.50. The molecule has 3 heterocycles. The molecule has 2 aromatic heterocycles. The van der Waals surface area contributed by atoms with E-state index in [0.717, 1.165) is 37.3 Å². The third kappa shape index (κ3) is 3.61. The first-order chi connectivity index (χ1) is 14.8. The fourth-order valence-corrected chi connectivity index (χ4v) is 4.13. The maximum atomic E-state index is 12.7. The number of anilines is 1. The number of piperidine rings is 1. The highest BCUT2D eigenvalue weighted by molar-refractivity contribution is 5.89. The Labute approximate surface area is 174 Å². The van der Waals surface area contributed by atoms with Gasteiger partial charge in [0.1, 0.15) is 0 Å². The predicted octanol–water partition coefficient (Wildman–Crippen LogP) is 4.23. The number of hydrogen-bond donors (Lipinski definition) is 1. The number of likely N-dealkylation sites (tertiary alicyclic amines) is 1. The summed E-state index contributed by atoms with van der Waals surface area (Å²) >= 11 is 0. The van der Waals surface area contributed by atoms with E-state index in [1.165, 1.54) is 16.3 Å². The van der Waals surface area contributed by atoms with E-state index in [1.54, 1.807) is 17.2 Å². The van der Waals surface area contributed by atoms with E-state index in [4.69, 9.17) is 0 Å². The summed E-state index contributed by atoms with van der Waals surface area (Å²) in [4.78, 5) is 20.4. The van der Waals surface area contributed by atoms with Gasteiger partial charge in [-0.1, -0.05) is 18.2 Å². The van der Waals surface area contributed by atoms with Gasteiger partial charge in [0.15, 0.2) is 0 Å². The number of carbonyl (C=O) groups excluding carboxylic acids is 1. The fourth-order valence-electron chi connectivity index (χ4n) is 4.13. The van der Waals surface area contributed by atoms with E-state index in [9.17, 15) is 4.79 Å². The summed E-state index contributed by atoms with van der Waals surface area (Å²) in [6, 6.07) is 15.9. The van der Waals surface area contributed by atoms with Crippen LogP contribution in [0.25, 0.3) is 16.5 Å². The number of hydrogen-bond acceptors (Lipinski definition) is 4. The molecule has 1 N–H and O–H groups in total. The summed E-state index contributed by atoms with van der Waals surface area (Å²) in [6.45, 7) is 1.49. The minimum absolute atomic E-state index is 0.0551. The second kappa shape index (κ2) is 7.94. The van der Waals surface area contributed by atoms with Crippen LogP contribution in [0.3, 0.4) is 0 Å². The molecule has 0 aliphatic carbocycles. The van der Waals surface area contributed by atoms with E-state index in [2.05, 4.69) is 44.8 Å². The average molecular weight is 398 g/mol. The van der Waals surface area contributed by atoms with E-state index in [-0.39, 0.29) is 6.03 Å². The molecule has 1 fully saturated rings. The zero-order valence-corrected chi connectivity index (χ0v) is 16.5. The molecule has 1 aliphatic heterocycles. The van der Waals surface area contributed by atoms with Crippen molar-refractivity contribution in [3.05, 3.63) is 78.9 Å². The number of nitrogens with zero attached hydrogens (tertiary/aromatic N) is 5. The van der Waals surface area contributed by atoms with E-state index in [0.29, 0.717) is 5.92 Å². The number of nitrogens with one attached hydrogen (secondary N) is 1. The van der Waals surface area contributed by atoms with Gasteiger partial charge >= 0.3 is 6.03 Å². The van der Waals surface area contributed by atoms with Gasteiger partial charge in [-0.05, 0) is 60.0 Å². The van der Waals surface area contributed by atoms with E-state index >= 15 is 0 Å². The summed E-state index contributed by atoms with van der Waals surface area (Å²) in [5.41, 5.74) is 2.97. The zero-order chi connectivity index (χ0) is 20.3. The van der Waals surface area contributed by atoms with Crippen molar-refractivity contribution in [3.8, 4) is 5.69 Å². The SMILES string of the molecule is O=C(Nc1ccc(-n2nccn2)cc1)N1CCC(c2cccc3cnccc23)CC1. The molecule has 1 aliphatic rings. The minimum atomic E-state index is -0.0551. The summed E-state index contributed by atoms with van der Waals surface area (Å²) in [6.07, 6.45) is 8.94. The standard InChI is InChI=1S/C23H22N6O/c30-23(27-19-4-6-20(7-5-19)29-25-12-13-26-29)28-14-9-17(10-15-28)21-3-1-2-18-16-24-11-8-22(18)21/h1-8,11-13,16-17H,9-10,14-15H2,(H,27,30). The lowest BCUT2D eigenvalue weighted by atomic mass is 9.87. The second-order valence-electron chi connectivity index (χ2n) is 7.50. The Balaban J connectivity index is 1.22. The van der Waals surface area contributed by atoms with Crippen molar-refractivity contribution in [3.63, 3.8) is 0 Å². The van der Waals surface area contributed by atoms with Crippen LogP contribution in [0.1, 0.15) is 24.3 Å². The fraction of sp³-hybridized carbons (Fsp3) is 0.217. The molecule has 0 atom stereocenters. The molecule has 0 bridgehead atoms. The highest BCUT2D eigenvalue weighted by Gasteiger charge is 2.25. The summed E-state index contributed by atoms with van der Waals surface area (Å²) in [5.74, 6) is 0.459. The molecule has 5 rings (SSSR count). The van der Waals surface area contributed by atoms with Crippen LogP contribution in [0.15, 0.2) is 73.3 Å². The molecule has 0 saturated carbocycles. The van der Waals surface area contributed by atoms with Crippen LogP contribution >= 0.6 is 0 Å². The van der Waals surface area contributed by atoms with Gasteiger partial charge in [-0.2, -0.15) is 15.0 Å². The van der Waals surface area contributed by atoms with Crippen LogP contribution in [0.4, 0.5) is 10.5 Å². The first-order valence-electron chi connectivity index (χ1n) is 10.1. The van der Waals surface area contributed by atoms with Crippen LogP contribution in [0.5, 0.6) is 0 Å². The average Bonchev–Trinajstić information content (AvgIpc) is 3.34. The van der Waals surface area contributed by atoms with Crippen LogP contribution in [-0.2, 0) is 0 Å². The Bertz CT molecular complexity index is 1140. The normalized spacial score (nSPS) is 14.7. The van der Waals surface area contributed by atoms with Crippen LogP contribution in [0.2, 0.25) is 0 Å². The van der Waals surface area contributed by atoms with Crippen molar-refractivity contribution < 1.29 is 4.79 Å².